The van der Waals surface area contributed by atoms with Crippen molar-refractivity contribution in [2.24, 2.45) is 11.5 Å². The molecule has 6 heteroatoms. The van der Waals surface area contributed by atoms with Crippen LogP contribution in [0.5, 0.6) is 0 Å². The molecule has 0 aromatic heterocycles. The summed E-state index contributed by atoms with van der Waals surface area (Å²) in [6.07, 6.45) is -3.96. The Morgan fingerprint density at radius 2 is 1.75 bits per heavy atom. The van der Waals surface area contributed by atoms with Crippen LogP contribution in [0.1, 0.15) is 0 Å². The zero-order chi connectivity index (χ0) is 9.72. The summed E-state index contributed by atoms with van der Waals surface area (Å²) in [5.74, 6) is 0. The number of hydrogen-bond donors (Lipinski definition) is 5. The normalized spacial score (nSPS) is 21.1. The molecule has 0 spiro atoms. The van der Waals surface area contributed by atoms with Crippen LogP contribution in [0, 0.1) is 0 Å². The van der Waals surface area contributed by atoms with Crippen LogP contribution in [0.25, 0.3) is 0 Å². The van der Waals surface area contributed by atoms with E-state index >= 15 is 0 Å². The van der Waals surface area contributed by atoms with Gasteiger partial charge in [0.2, 0.25) is 0 Å². The fourth-order valence-electron chi connectivity index (χ4n) is 0.675. The monoisotopic (exact) mass is 178 g/mol. The van der Waals surface area contributed by atoms with Gasteiger partial charge in [0.1, 0.15) is 18.5 Å². The molecule has 6 nitrogen and oxygen atoms in total. The number of aldehydes is 1. The Labute approximate surface area is 69.8 Å². The van der Waals surface area contributed by atoms with Crippen molar-refractivity contribution in [3.05, 3.63) is 0 Å². The second-order valence-corrected chi connectivity index (χ2v) is 2.50. The number of carbonyl (C=O) groups is 1. The van der Waals surface area contributed by atoms with Gasteiger partial charge >= 0.3 is 0 Å². The first-order chi connectivity index (χ1) is 5.54. The van der Waals surface area contributed by atoms with Crippen LogP contribution in [-0.4, -0.2) is 52.5 Å². The summed E-state index contributed by atoms with van der Waals surface area (Å²) in [5.41, 5.74) is 10.1. The van der Waals surface area contributed by atoms with Gasteiger partial charge in [-0.2, -0.15) is 0 Å². The maximum absolute atomic E-state index is 10.1. The lowest BCUT2D eigenvalue weighted by molar-refractivity contribution is -0.116. The Bertz CT molecular complexity index is 144. The minimum Gasteiger partial charge on any atom is -0.389 e. The summed E-state index contributed by atoms with van der Waals surface area (Å²) in [5, 5.41) is 27.1. The summed E-state index contributed by atoms with van der Waals surface area (Å²) in [4.78, 5) is 10.1. The lowest BCUT2D eigenvalue weighted by atomic mass is 10.0. The molecule has 0 unspecified atom stereocenters. The van der Waals surface area contributed by atoms with E-state index in [1.54, 1.807) is 0 Å². The topological polar surface area (TPSA) is 130 Å². The predicted octanol–water partition coefficient (Wildman–Crippen LogP) is -3.45. The third-order valence-corrected chi connectivity index (χ3v) is 1.54. The standard InChI is InChI=1S/C6H14N2O4/c7-1-4(10)6(12)5(11)3(8)2-9/h2-6,10-12H,1,7-8H2/t3-,4-,5+,6+/m1/s1. The Morgan fingerprint density at radius 3 is 2.08 bits per heavy atom. The minimum absolute atomic E-state index is 0.205. The van der Waals surface area contributed by atoms with Gasteiger partial charge in [-0.15, -0.1) is 0 Å². The van der Waals surface area contributed by atoms with Crippen molar-refractivity contribution in [3.8, 4) is 0 Å². The number of rotatable bonds is 5. The molecule has 0 radical (unpaired) electrons. The van der Waals surface area contributed by atoms with Crippen LogP contribution in [0.3, 0.4) is 0 Å². The molecule has 0 aromatic carbocycles. The van der Waals surface area contributed by atoms with Gasteiger partial charge in [-0.1, -0.05) is 0 Å². The molecule has 0 rings (SSSR count). The molecule has 0 aliphatic heterocycles. The third kappa shape index (κ3) is 2.84. The molecule has 0 bridgehead atoms. The maximum atomic E-state index is 10.1. The summed E-state index contributed by atoms with van der Waals surface area (Å²) in [6.45, 7) is -0.205. The molecule has 0 aromatic rings. The average molecular weight is 178 g/mol. The van der Waals surface area contributed by atoms with Crippen LogP contribution in [0.15, 0.2) is 0 Å². The van der Waals surface area contributed by atoms with Gasteiger partial charge in [-0.05, 0) is 0 Å². The number of nitrogens with two attached hydrogens (primary N) is 2. The van der Waals surface area contributed by atoms with Gasteiger partial charge in [0.15, 0.2) is 0 Å². The second-order valence-electron chi connectivity index (χ2n) is 2.50. The van der Waals surface area contributed by atoms with Crippen LogP contribution < -0.4 is 11.5 Å². The highest BCUT2D eigenvalue weighted by Gasteiger charge is 2.28. The maximum Gasteiger partial charge on any atom is 0.139 e. The Balaban J connectivity index is 4.07. The van der Waals surface area contributed by atoms with Crippen molar-refractivity contribution >= 4 is 6.29 Å². The molecule has 0 aliphatic carbocycles. The van der Waals surface area contributed by atoms with E-state index in [0.29, 0.717) is 0 Å². The van der Waals surface area contributed by atoms with Crippen LogP contribution >= 0.6 is 0 Å². The smallest absolute Gasteiger partial charge is 0.139 e. The quantitative estimate of drug-likeness (QED) is 0.278. The molecule has 0 heterocycles. The molecule has 0 saturated heterocycles. The van der Waals surface area contributed by atoms with Crippen LogP contribution in [0.2, 0.25) is 0 Å². The van der Waals surface area contributed by atoms with E-state index < -0.39 is 24.4 Å². The van der Waals surface area contributed by atoms with Crippen molar-refractivity contribution in [1.29, 1.82) is 0 Å². The average Bonchev–Trinajstić information content (AvgIpc) is 2.12. The molecular formula is C6H14N2O4. The van der Waals surface area contributed by atoms with Crippen molar-refractivity contribution < 1.29 is 20.1 Å². The molecule has 72 valence electrons. The summed E-state index contributed by atoms with van der Waals surface area (Å²) in [6, 6.07) is -1.21. The van der Waals surface area contributed by atoms with E-state index in [1.165, 1.54) is 0 Å². The Morgan fingerprint density at radius 1 is 1.25 bits per heavy atom. The highest BCUT2D eigenvalue weighted by molar-refractivity contribution is 5.58. The first-order valence-electron chi connectivity index (χ1n) is 3.49. The zero-order valence-electron chi connectivity index (χ0n) is 6.50. The molecule has 7 N–H and O–H groups in total. The fraction of sp³-hybridized carbons (Fsp3) is 0.833. The lowest BCUT2D eigenvalue weighted by Gasteiger charge is -2.23. The van der Waals surface area contributed by atoms with E-state index in [-0.39, 0.29) is 12.8 Å². The van der Waals surface area contributed by atoms with Gasteiger partial charge in [-0.3, -0.25) is 0 Å². The van der Waals surface area contributed by atoms with E-state index in [1.807, 2.05) is 0 Å². The Kier molecular flexibility index (Phi) is 4.95. The van der Waals surface area contributed by atoms with Crippen LogP contribution in [0.4, 0.5) is 0 Å². The van der Waals surface area contributed by atoms with Crippen molar-refractivity contribution in [2.75, 3.05) is 6.54 Å². The Hall–Kier alpha value is -0.530. The molecular weight excluding hydrogens is 164 g/mol. The van der Waals surface area contributed by atoms with Crippen molar-refractivity contribution in [1.82, 2.24) is 0 Å². The highest BCUT2D eigenvalue weighted by atomic mass is 16.4. The van der Waals surface area contributed by atoms with Gasteiger partial charge in [0.25, 0.3) is 0 Å². The summed E-state index contributed by atoms with van der Waals surface area (Å²) in [7, 11) is 0. The molecule has 0 amide bonds. The summed E-state index contributed by atoms with van der Waals surface area (Å²) >= 11 is 0. The molecule has 12 heavy (non-hydrogen) atoms. The SMILES string of the molecule is NC[C@@H](O)[C@H](O)[C@@H](O)[C@H](N)C=O. The van der Waals surface area contributed by atoms with E-state index in [2.05, 4.69) is 0 Å². The molecule has 0 aliphatic rings. The fourth-order valence-corrected chi connectivity index (χ4v) is 0.675. The number of aliphatic hydroxyl groups excluding tert-OH is 3. The second kappa shape index (κ2) is 5.18. The first kappa shape index (κ1) is 11.5. The van der Waals surface area contributed by atoms with Gasteiger partial charge < -0.3 is 31.6 Å². The zero-order valence-corrected chi connectivity index (χ0v) is 6.50. The van der Waals surface area contributed by atoms with Gasteiger partial charge in [0, 0.05) is 6.54 Å². The minimum atomic E-state index is -1.49. The number of aliphatic hydroxyl groups is 3. The number of hydrogen-bond acceptors (Lipinski definition) is 6. The van der Waals surface area contributed by atoms with E-state index in [4.69, 9.17) is 26.8 Å². The summed E-state index contributed by atoms with van der Waals surface area (Å²) < 4.78 is 0. The van der Waals surface area contributed by atoms with Gasteiger partial charge in [0.05, 0.1) is 12.1 Å². The van der Waals surface area contributed by atoms with E-state index in [0.717, 1.165) is 0 Å². The lowest BCUT2D eigenvalue weighted by Crippen LogP contribution is -2.50. The highest BCUT2D eigenvalue weighted by Crippen LogP contribution is 2.01. The van der Waals surface area contributed by atoms with Crippen molar-refractivity contribution in [2.45, 2.75) is 24.4 Å². The van der Waals surface area contributed by atoms with Crippen LogP contribution in [-0.2, 0) is 4.79 Å². The first-order valence-corrected chi connectivity index (χ1v) is 3.49. The van der Waals surface area contributed by atoms with E-state index in [9.17, 15) is 4.79 Å². The molecule has 4 atom stereocenters. The largest absolute Gasteiger partial charge is 0.389 e. The number of carbonyl (C=O) groups excluding carboxylic acids is 1. The molecule has 0 saturated carbocycles. The predicted molar refractivity (Wildman–Crippen MR) is 41.1 cm³/mol. The molecule has 0 fully saturated rings. The van der Waals surface area contributed by atoms with Gasteiger partial charge in [-0.25, -0.2) is 0 Å². The van der Waals surface area contributed by atoms with Crippen molar-refractivity contribution in [3.63, 3.8) is 0 Å². The third-order valence-electron chi connectivity index (χ3n) is 1.54.